The first-order valence-electron chi connectivity index (χ1n) is 4.17. The van der Waals surface area contributed by atoms with Gasteiger partial charge in [0.25, 0.3) is 0 Å². The molecule has 1 amide bonds. The molecule has 0 spiro atoms. The van der Waals surface area contributed by atoms with Gasteiger partial charge in [-0.1, -0.05) is 6.92 Å². The van der Waals surface area contributed by atoms with Crippen LogP contribution >= 0.6 is 0 Å². The monoisotopic (exact) mass is 170 g/mol. The molecule has 0 unspecified atom stereocenters. The first kappa shape index (κ1) is 9.03. The van der Waals surface area contributed by atoms with Gasteiger partial charge in [0.1, 0.15) is 0 Å². The highest BCUT2D eigenvalue weighted by Crippen LogP contribution is 2.14. The second kappa shape index (κ2) is 3.56. The zero-order valence-corrected chi connectivity index (χ0v) is 7.08. The van der Waals surface area contributed by atoms with E-state index in [9.17, 15) is 14.7 Å². The molecular weight excluding hydrogens is 158 g/mol. The Kier molecular flexibility index (Phi) is 2.68. The number of hydrogen-bond donors (Lipinski definition) is 0. The maximum atomic E-state index is 11.1. The molecule has 1 atom stereocenters. The van der Waals surface area contributed by atoms with E-state index in [4.69, 9.17) is 0 Å². The highest BCUT2D eigenvalue weighted by molar-refractivity contribution is 5.84. The third-order valence-corrected chi connectivity index (χ3v) is 2.15. The minimum Gasteiger partial charge on any atom is -0.548 e. The predicted octanol–water partition coefficient (Wildman–Crippen LogP) is -0.863. The summed E-state index contributed by atoms with van der Waals surface area (Å²) >= 11 is 0. The molecule has 0 aromatic carbocycles. The van der Waals surface area contributed by atoms with E-state index in [1.54, 1.807) is 6.92 Å². The Morgan fingerprint density at radius 1 is 1.75 bits per heavy atom. The van der Waals surface area contributed by atoms with Gasteiger partial charge in [0.05, 0.1) is 12.0 Å². The third kappa shape index (κ3) is 1.57. The molecule has 1 fully saturated rings. The average Bonchev–Trinajstić information content (AvgIpc) is 2.38. The zero-order valence-electron chi connectivity index (χ0n) is 7.08. The summed E-state index contributed by atoms with van der Waals surface area (Å²) in [6.07, 6.45) is 1.67. The minimum atomic E-state index is -1.15. The molecule has 0 aromatic heterocycles. The van der Waals surface area contributed by atoms with E-state index in [0.29, 0.717) is 19.4 Å². The van der Waals surface area contributed by atoms with E-state index in [0.717, 1.165) is 6.42 Å². The van der Waals surface area contributed by atoms with E-state index in [2.05, 4.69) is 0 Å². The fourth-order valence-electron chi connectivity index (χ4n) is 1.51. The van der Waals surface area contributed by atoms with Crippen molar-refractivity contribution in [1.29, 1.82) is 0 Å². The van der Waals surface area contributed by atoms with Crippen LogP contribution in [-0.2, 0) is 9.59 Å². The summed E-state index contributed by atoms with van der Waals surface area (Å²) in [4.78, 5) is 23.1. The van der Waals surface area contributed by atoms with Gasteiger partial charge in [0, 0.05) is 13.0 Å². The molecule has 4 heteroatoms. The van der Waals surface area contributed by atoms with Gasteiger partial charge in [-0.05, 0) is 12.8 Å². The minimum absolute atomic E-state index is 0.0638. The highest BCUT2D eigenvalue weighted by atomic mass is 16.4. The molecule has 0 aromatic rings. The molecule has 0 radical (unpaired) electrons. The van der Waals surface area contributed by atoms with Gasteiger partial charge in [-0.2, -0.15) is 0 Å². The van der Waals surface area contributed by atoms with Gasteiger partial charge < -0.3 is 14.8 Å². The largest absolute Gasteiger partial charge is 0.548 e. The first-order valence-corrected chi connectivity index (χ1v) is 4.17. The van der Waals surface area contributed by atoms with E-state index in [-0.39, 0.29) is 5.91 Å². The Morgan fingerprint density at radius 3 is 2.75 bits per heavy atom. The normalized spacial score (nSPS) is 19.8. The van der Waals surface area contributed by atoms with Crippen molar-refractivity contribution in [2.24, 2.45) is 0 Å². The number of carboxylic acid groups (broad SMARTS) is 1. The summed E-state index contributed by atoms with van der Waals surface area (Å²) in [5.41, 5.74) is 0. The zero-order chi connectivity index (χ0) is 9.14. The van der Waals surface area contributed by atoms with Gasteiger partial charge >= 0.3 is 0 Å². The van der Waals surface area contributed by atoms with Crippen LogP contribution < -0.4 is 5.11 Å². The number of carboxylic acids is 1. The number of rotatable bonds is 3. The van der Waals surface area contributed by atoms with Crippen molar-refractivity contribution in [2.75, 3.05) is 6.54 Å². The van der Waals surface area contributed by atoms with Gasteiger partial charge in [-0.3, -0.25) is 4.79 Å². The summed E-state index contributed by atoms with van der Waals surface area (Å²) < 4.78 is 0. The summed E-state index contributed by atoms with van der Waals surface area (Å²) in [6, 6.07) is -0.722. The van der Waals surface area contributed by atoms with Crippen LogP contribution in [-0.4, -0.2) is 29.4 Å². The van der Waals surface area contributed by atoms with Gasteiger partial charge in [0.15, 0.2) is 0 Å². The summed E-state index contributed by atoms with van der Waals surface area (Å²) in [7, 11) is 0. The van der Waals surface area contributed by atoms with E-state index < -0.39 is 12.0 Å². The van der Waals surface area contributed by atoms with Crippen LogP contribution in [0, 0.1) is 0 Å². The van der Waals surface area contributed by atoms with Crippen molar-refractivity contribution in [3.8, 4) is 0 Å². The number of hydrogen-bond acceptors (Lipinski definition) is 3. The molecule has 0 bridgehead atoms. The molecule has 0 saturated carbocycles. The maximum absolute atomic E-state index is 11.1. The van der Waals surface area contributed by atoms with Crippen molar-refractivity contribution in [3.63, 3.8) is 0 Å². The van der Waals surface area contributed by atoms with Gasteiger partial charge in [-0.25, -0.2) is 0 Å². The van der Waals surface area contributed by atoms with Gasteiger partial charge in [-0.15, -0.1) is 0 Å². The number of amides is 1. The van der Waals surface area contributed by atoms with E-state index in [1.165, 1.54) is 4.90 Å². The lowest BCUT2D eigenvalue weighted by Crippen LogP contribution is -2.48. The van der Waals surface area contributed by atoms with E-state index >= 15 is 0 Å². The molecule has 4 nitrogen and oxygen atoms in total. The Bertz CT molecular complexity index is 202. The van der Waals surface area contributed by atoms with Gasteiger partial charge in [0.2, 0.25) is 5.91 Å². The van der Waals surface area contributed by atoms with Crippen molar-refractivity contribution in [1.82, 2.24) is 4.90 Å². The van der Waals surface area contributed by atoms with Crippen LogP contribution in [0.3, 0.4) is 0 Å². The lowest BCUT2D eigenvalue weighted by Gasteiger charge is -2.27. The summed E-state index contributed by atoms with van der Waals surface area (Å²) in [5.74, 6) is -1.21. The molecule has 1 aliphatic rings. The predicted molar refractivity (Wildman–Crippen MR) is 40.0 cm³/mol. The lowest BCUT2D eigenvalue weighted by atomic mass is 10.2. The number of aliphatic carboxylic acids is 1. The summed E-state index contributed by atoms with van der Waals surface area (Å²) in [5, 5.41) is 10.6. The number of carbonyl (C=O) groups excluding carboxylic acids is 2. The van der Waals surface area contributed by atoms with Crippen LogP contribution in [0.5, 0.6) is 0 Å². The van der Waals surface area contributed by atoms with Crippen LogP contribution in [0.1, 0.15) is 26.2 Å². The van der Waals surface area contributed by atoms with Crippen molar-refractivity contribution in [3.05, 3.63) is 0 Å². The maximum Gasteiger partial charge on any atom is 0.223 e. The number of nitrogens with zero attached hydrogens (tertiary/aromatic N) is 1. The van der Waals surface area contributed by atoms with Crippen LogP contribution in [0.15, 0.2) is 0 Å². The van der Waals surface area contributed by atoms with Crippen molar-refractivity contribution < 1.29 is 14.7 Å². The molecule has 1 heterocycles. The Labute approximate surface area is 71.2 Å². The van der Waals surface area contributed by atoms with Crippen LogP contribution in [0.4, 0.5) is 0 Å². The Hall–Kier alpha value is -1.06. The fourth-order valence-corrected chi connectivity index (χ4v) is 1.51. The number of likely N-dealkylation sites (tertiary alicyclic amines) is 1. The van der Waals surface area contributed by atoms with Crippen LogP contribution in [0.2, 0.25) is 0 Å². The Balaban J connectivity index is 2.65. The lowest BCUT2D eigenvalue weighted by molar-refractivity contribution is -0.311. The molecular formula is C8H12NO3-. The van der Waals surface area contributed by atoms with Crippen LogP contribution in [0.25, 0.3) is 0 Å². The second-order valence-electron chi connectivity index (χ2n) is 2.93. The molecule has 0 N–H and O–H groups in total. The highest BCUT2D eigenvalue weighted by Gasteiger charge is 2.27. The average molecular weight is 170 g/mol. The molecule has 12 heavy (non-hydrogen) atoms. The molecule has 68 valence electrons. The fraction of sp³-hybridized carbons (Fsp3) is 0.750. The molecule has 1 rings (SSSR count). The topological polar surface area (TPSA) is 60.4 Å². The molecule has 1 aliphatic heterocycles. The van der Waals surface area contributed by atoms with Crippen molar-refractivity contribution >= 4 is 11.9 Å². The quantitative estimate of drug-likeness (QED) is 0.553. The standard InChI is InChI=1S/C8H13NO3/c1-2-6(8(11)12)9-5-3-4-7(9)10/h6H,2-5H2,1H3,(H,11,12)/p-1/t6-/m0/s1. The molecule has 1 saturated heterocycles. The third-order valence-electron chi connectivity index (χ3n) is 2.15. The van der Waals surface area contributed by atoms with E-state index in [1.807, 2.05) is 0 Å². The molecule has 0 aliphatic carbocycles. The first-order chi connectivity index (χ1) is 5.66. The Morgan fingerprint density at radius 2 is 2.42 bits per heavy atom. The smallest absolute Gasteiger partial charge is 0.223 e. The second-order valence-corrected chi connectivity index (χ2v) is 2.93. The SMILES string of the molecule is CC[C@@H](C(=O)[O-])N1CCCC1=O. The number of carbonyl (C=O) groups is 2. The summed E-state index contributed by atoms with van der Waals surface area (Å²) in [6.45, 7) is 2.30. The van der Waals surface area contributed by atoms with Crippen molar-refractivity contribution in [2.45, 2.75) is 32.2 Å².